The zero-order chi connectivity index (χ0) is 10.1. The molecule has 0 saturated heterocycles. The van der Waals surface area contributed by atoms with Gasteiger partial charge in [-0.25, -0.2) is 4.98 Å². The lowest BCUT2D eigenvalue weighted by atomic mass is 10.3. The first-order valence-corrected chi connectivity index (χ1v) is 5.50. The summed E-state index contributed by atoms with van der Waals surface area (Å²) >= 11 is 3.49. The van der Waals surface area contributed by atoms with Gasteiger partial charge in [-0.05, 0) is 40.9 Å². The molecule has 3 nitrogen and oxygen atoms in total. The highest BCUT2D eigenvalue weighted by molar-refractivity contribution is 9.10. The van der Waals surface area contributed by atoms with Gasteiger partial charge in [0.15, 0.2) is 0 Å². The van der Waals surface area contributed by atoms with Crippen molar-refractivity contribution in [1.82, 2.24) is 4.98 Å². The van der Waals surface area contributed by atoms with Crippen LogP contribution in [0, 0.1) is 12.8 Å². The van der Waals surface area contributed by atoms with Crippen LogP contribution in [0.25, 0.3) is 0 Å². The van der Waals surface area contributed by atoms with Crippen LogP contribution in [0.1, 0.15) is 12.0 Å². The summed E-state index contributed by atoms with van der Waals surface area (Å²) in [7, 11) is 0. The summed E-state index contributed by atoms with van der Waals surface area (Å²) in [6.07, 6.45) is 2.83. The molecule has 1 heterocycles. The van der Waals surface area contributed by atoms with E-state index in [1.54, 1.807) is 6.20 Å². The molecule has 1 aliphatic carbocycles. The molecule has 2 atom stereocenters. The van der Waals surface area contributed by atoms with Crippen LogP contribution in [0.3, 0.4) is 0 Å². The van der Waals surface area contributed by atoms with Gasteiger partial charge in [0.05, 0.1) is 4.47 Å². The first kappa shape index (κ1) is 9.93. The summed E-state index contributed by atoms with van der Waals surface area (Å²) in [5.41, 5.74) is 1.17. The zero-order valence-corrected chi connectivity index (χ0v) is 9.58. The predicted octanol–water partition coefficient (Wildman–Crippen LogP) is 1.95. The molecule has 0 radical (unpaired) electrons. The standard InChI is InChI=1S/C10H13BrN2O/c1-6-2-3-12-10(9(6)11)13-8-4-7(8)5-14/h2-3,7-8,14H,4-5H2,1H3,(H,12,13). The van der Waals surface area contributed by atoms with Gasteiger partial charge in [-0.1, -0.05) is 0 Å². The van der Waals surface area contributed by atoms with E-state index in [1.165, 1.54) is 5.56 Å². The third-order valence-corrected chi connectivity index (χ3v) is 3.56. The quantitative estimate of drug-likeness (QED) is 0.869. The minimum Gasteiger partial charge on any atom is -0.396 e. The minimum absolute atomic E-state index is 0.265. The average molecular weight is 257 g/mol. The largest absolute Gasteiger partial charge is 0.396 e. The Bertz CT molecular complexity index is 343. The molecule has 0 bridgehead atoms. The molecule has 4 heteroatoms. The monoisotopic (exact) mass is 256 g/mol. The summed E-state index contributed by atoms with van der Waals surface area (Å²) in [5, 5.41) is 12.2. The molecule has 1 fully saturated rings. The van der Waals surface area contributed by atoms with Crippen molar-refractivity contribution in [3.8, 4) is 0 Å². The number of hydrogen-bond donors (Lipinski definition) is 2. The highest BCUT2D eigenvalue weighted by Gasteiger charge is 2.36. The van der Waals surface area contributed by atoms with Crippen molar-refractivity contribution in [2.75, 3.05) is 11.9 Å². The zero-order valence-electron chi connectivity index (χ0n) is 8.00. The highest BCUT2D eigenvalue weighted by atomic mass is 79.9. The number of aromatic nitrogens is 1. The normalized spacial score (nSPS) is 24.8. The molecular formula is C10H13BrN2O. The van der Waals surface area contributed by atoms with Crippen LogP contribution >= 0.6 is 15.9 Å². The first-order valence-electron chi connectivity index (χ1n) is 4.71. The Kier molecular flexibility index (Phi) is 2.74. The lowest BCUT2D eigenvalue weighted by Crippen LogP contribution is -2.08. The Morgan fingerprint density at radius 1 is 1.71 bits per heavy atom. The average Bonchev–Trinajstić information content (AvgIpc) is 2.92. The van der Waals surface area contributed by atoms with Crippen molar-refractivity contribution in [2.24, 2.45) is 5.92 Å². The van der Waals surface area contributed by atoms with E-state index in [9.17, 15) is 0 Å². The summed E-state index contributed by atoms with van der Waals surface area (Å²) < 4.78 is 1.02. The molecule has 0 aromatic carbocycles. The maximum atomic E-state index is 8.91. The highest BCUT2D eigenvalue weighted by Crippen LogP contribution is 2.34. The number of pyridine rings is 1. The van der Waals surface area contributed by atoms with Crippen molar-refractivity contribution < 1.29 is 5.11 Å². The van der Waals surface area contributed by atoms with Crippen LogP contribution < -0.4 is 5.32 Å². The Labute approximate surface area is 91.7 Å². The maximum Gasteiger partial charge on any atom is 0.140 e. The fourth-order valence-corrected chi connectivity index (χ4v) is 1.79. The van der Waals surface area contributed by atoms with Crippen LogP contribution in [-0.2, 0) is 0 Å². The number of aliphatic hydroxyl groups is 1. The molecule has 1 aromatic rings. The number of anilines is 1. The van der Waals surface area contributed by atoms with Crippen molar-refractivity contribution >= 4 is 21.7 Å². The molecule has 1 aliphatic rings. The molecule has 2 rings (SSSR count). The Balaban J connectivity index is 2.07. The topological polar surface area (TPSA) is 45.2 Å². The molecule has 1 saturated carbocycles. The van der Waals surface area contributed by atoms with Crippen molar-refractivity contribution in [2.45, 2.75) is 19.4 Å². The van der Waals surface area contributed by atoms with Crippen LogP contribution in [-0.4, -0.2) is 22.7 Å². The first-order chi connectivity index (χ1) is 6.72. The summed E-state index contributed by atoms with van der Waals surface area (Å²) in [6, 6.07) is 2.36. The maximum absolute atomic E-state index is 8.91. The number of hydrogen-bond acceptors (Lipinski definition) is 3. The number of halogens is 1. The molecule has 0 aliphatic heterocycles. The van der Waals surface area contributed by atoms with Crippen LogP contribution in [0.4, 0.5) is 5.82 Å². The molecule has 2 unspecified atom stereocenters. The number of aliphatic hydroxyl groups excluding tert-OH is 1. The van der Waals surface area contributed by atoms with E-state index in [-0.39, 0.29) is 6.61 Å². The van der Waals surface area contributed by atoms with Gasteiger partial charge in [-0.2, -0.15) is 0 Å². The van der Waals surface area contributed by atoms with E-state index in [0.29, 0.717) is 12.0 Å². The van der Waals surface area contributed by atoms with E-state index in [1.807, 2.05) is 13.0 Å². The second-order valence-electron chi connectivity index (χ2n) is 3.72. The van der Waals surface area contributed by atoms with Crippen LogP contribution in [0.5, 0.6) is 0 Å². The SMILES string of the molecule is Cc1ccnc(NC2CC2CO)c1Br. The second-order valence-corrected chi connectivity index (χ2v) is 4.51. The number of nitrogens with zero attached hydrogens (tertiary/aromatic N) is 1. The van der Waals surface area contributed by atoms with E-state index in [4.69, 9.17) is 5.11 Å². The third kappa shape index (κ3) is 1.91. The fourth-order valence-electron chi connectivity index (χ4n) is 1.44. The van der Waals surface area contributed by atoms with Crippen LogP contribution in [0.2, 0.25) is 0 Å². The van der Waals surface area contributed by atoms with Crippen molar-refractivity contribution in [3.63, 3.8) is 0 Å². The molecule has 0 amide bonds. The van der Waals surface area contributed by atoms with Gasteiger partial charge < -0.3 is 10.4 Å². The smallest absolute Gasteiger partial charge is 0.140 e. The van der Waals surface area contributed by atoms with Gasteiger partial charge in [-0.15, -0.1) is 0 Å². The molecule has 1 aromatic heterocycles. The second kappa shape index (κ2) is 3.87. The molecule has 2 N–H and O–H groups in total. The third-order valence-electron chi connectivity index (χ3n) is 2.56. The van der Waals surface area contributed by atoms with Crippen molar-refractivity contribution in [3.05, 3.63) is 22.3 Å². The van der Waals surface area contributed by atoms with Gasteiger partial charge >= 0.3 is 0 Å². The Morgan fingerprint density at radius 2 is 2.50 bits per heavy atom. The lowest BCUT2D eigenvalue weighted by Gasteiger charge is -2.08. The van der Waals surface area contributed by atoms with E-state index >= 15 is 0 Å². The number of aryl methyl sites for hydroxylation is 1. The summed E-state index contributed by atoms with van der Waals surface area (Å²) in [6.45, 7) is 2.30. The summed E-state index contributed by atoms with van der Waals surface area (Å²) in [5.74, 6) is 1.29. The van der Waals surface area contributed by atoms with E-state index in [0.717, 1.165) is 16.7 Å². The Hall–Kier alpha value is -0.610. The molecule has 14 heavy (non-hydrogen) atoms. The van der Waals surface area contributed by atoms with E-state index in [2.05, 4.69) is 26.2 Å². The lowest BCUT2D eigenvalue weighted by molar-refractivity contribution is 0.275. The number of rotatable bonds is 3. The minimum atomic E-state index is 0.265. The summed E-state index contributed by atoms with van der Waals surface area (Å²) in [4.78, 5) is 4.25. The fraction of sp³-hybridized carbons (Fsp3) is 0.500. The van der Waals surface area contributed by atoms with Gasteiger partial charge in [0.1, 0.15) is 5.82 Å². The predicted molar refractivity (Wildman–Crippen MR) is 59.3 cm³/mol. The molecule has 76 valence electrons. The van der Waals surface area contributed by atoms with E-state index < -0.39 is 0 Å². The van der Waals surface area contributed by atoms with Gasteiger partial charge in [-0.3, -0.25) is 0 Å². The molecular weight excluding hydrogens is 244 g/mol. The van der Waals surface area contributed by atoms with Gasteiger partial charge in [0.25, 0.3) is 0 Å². The van der Waals surface area contributed by atoms with Crippen LogP contribution in [0.15, 0.2) is 16.7 Å². The Morgan fingerprint density at radius 3 is 3.14 bits per heavy atom. The van der Waals surface area contributed by atoms with Gasteiger partial charge in [0, 0.05) is 24.8 Å². The molecule has 0 spiro atoms. The van der Waals surface area contributed by atoms with Crippen molar-refractivity contribution in [1.29, 1.82) is 0 Å². The number of nitrogens with one attached hydrogen (secondary N) is 1. The van der Waals surface area contributed by atoms with Gasteiger partial charge in [0.2, 0.25) is 0 Å².